The minimum atomic E-state index is 0.696. The van der Waals surface area contributed by atoms with Gasteiger partial charge in [0.15, 0.2) is 0 Å². The van der Waals surface area contributed by atoms with Gasteiger partial charge in [-0.2, -0.15) is 0 Å². The fraction of sp³-hybridized carbons (Fsp3) is 0.562. The molecular weight excluding hydrogens is 262 g/mol. The van der Waals surface area contributed by atoms with E-state index in [9.17, 15) is 0 Å². The van der Waals surface area contributed by atoms with Crippen molar-refractivity contribution >= 4 is 0 Å². The van der Waals surface area contributed by atoms with Gasteiger partial charge in [-0.25, -0.2) is 9.97 Å². The van der Waals surface area contributed by atoms with E-state index in [0.29, 0.717) is 5.92 Å². The highest BCUT2D eigenvalue weighted by Gasteiger charge is 2.18. The van der Waals surface area contributed by atoms with Crippen LogP contribution in [0.25, 0.3) is 11.4 Å². The minimum absolute atomic E-state index is 0.696. The molecule has 0 N–H and O–H groups in total. The van der Waals surface area contributed by atoms with E-state index >= 15 is 0 Å². The van der Waals surface area contributed by atoms with Crippen molar-refractivity contribution in [2.24, 2.45) is 13.0 Å². The Morgan fingerprint density at radius 2 is 2.10 bits per heavy atom. The van der Waals surface area contributed by atoms with Gasteiger partial charge in [-0.15, -0.1) is 0 Å². The predicted octanol–water partition coefficient (Wildman–Crippen LogP) is 2.07. The van der Waals surface area contributed by atoms with E-state index in [2.05, 4.69) is 26.5 Å². The zero-order valence-electron chi connectivity index (χ0n) is 13.1. The van der Waals surface area contributed by atoms with E-state index in [0.717, 1.165) is 35.9 Å². The topological polar surface area (TPSA) is 46.8 Å². The van der Waals surface area contributed by atoms with Crippen LogP contribution in [-0.2, 0) is 13.5 Å². The molecule has 0 spiro atoms. The summed E-state index contributed by atoms with van der Waals surface area (Å²) in [6.07, 6.45) is 9.20. The monoisotopic (exact) mass is 285 g/mol. The van der Waals surface area contributed by atoms with E-state index in [1.165, 1.54) is 19.4 Å². The van der Waals surface area contributed by atoms with E-state index in [1.807, 2.05) is 32.6 Å². The first-order valence-electron chi connectivity index (χ1n) is 7.61. The van der Waals surface area contributed by atoms with Gasteiger partial charge in [-0.1, -0.05) is 0 Å². The number of hydrogen-bond donors (Lipinski definition) is 0. The predicted molar refractivity (Wildman–Crippen MR) is 82.9 cm³/mol. The second-order valence-electron chi connectivity index (χ2n) is 6.12. The van der Waals surface area contributed by atoms with Crippen molar-refractivity contribution in [3.05, 3.63) is 30.1 Å². The maximum Gasteiger partial charge on any atom is 0.107 e. The van der Waals surface area contributed by atoms with Crippen LogP contribution >= 0.6 is 0 Å². The van der Waals surface area contributed by atoms with Gasteiger partial charge in [0.25, 0.3) is 0 Å². The van der Waals surface area contributed by atoms with E-state index in [4.69, 9.17) is 4.98 Å². The molecule has 112 valence electrons. The Bertz CT molecular complexity index is 619. The molecule has 0 radical (unpaired) electrons. The standard InChI is InChI=1S/C16H23N5/c1-12-18-10-16(21(12)3)15-9-17-8-14(19-15)7-13-5-4-6-20(2)11-13/h8-10,13H,4-7,11H2,1-3H3/t13-/m1/s1. The summed E-state index contributed by atoms with van der Waals surface area (Å²) in [6.45, 7) is 4.38. The summed E-state index contributed by atoms with van der Waals surface area (Å²) in [6, 6.07) is 0. The molecule has 1 atom stereocenters. The largest absolute Gasteiger partial charge is 0.330 e. The maximum absolute atomic E-state index is 4.79. The third kappa shape index (κ3) is 3.13. The first-order valence-corrected chi connectivity index (χ1v) is 7.61. The lowest BCUT2D eigenvalue weighted by atomic mass is 9.94. The Balaban J connectivity index is 1.78. The summed E-state index contributed by atoms with van der Waals surface area (Å²) in [7, 11) is 4.22. The normalized spacial score (nSPS) is 19.9. The van der Waals surface area contributed by atoms with Crippen LogP contribution in [0.1, 0.15) is 24.4 Å². The second-order valence-corrected chi connectivity index (χ2v) is 6.12. The minimum Gasteiger partial charge on any atom is -0.330 e. The fourth-order valence-corrected chi connectivity index (χ4v) is 3.10. The van der Waals surface area contributed by atoms with Crippen LogP contribution in [0.15, 0.2) is 18.6 Å². The maximum atomic E-state index is 4.79. The number of aromatic nitrogens is 4. The van der Waals surface area contributed by atoms with Crippen molar-refractivity contribution in [1.82, 2.24) is 24.4 Å². The summed E-state index contributed by atoms with van der Waals surface area (Å²) in [5, 5.41) is 0. The number of hydrogen-bond acceptors (Lipinski definition) is 4. The molecule has 21 heavy (non-hydrogen) atoms. The lowest BCUT2D eigenvalue weighted by Gasteiger charge is -2.29. The van der Waals surface area contributed by atoms with Gasteiger partial charge < -0.3 is 9.47 Å². The van der Waals surface area contributed by atoms with Crippen molar-refractivity contribution in [3.63, 3.8) is 0 Å². The van der Waals surface area contributed by atoms with Crippen LogP contribution in [-0.4, -0.2) is 44.6 Å². The molecule has 2 aromatic rings. The summed E-state index contributed by atoms with van der Waals surface area (Å²) in [5.74, 6) is 1.69. The lowest BCUT2D eigenvalue weighted by Crippen LogP contribution is -2.33. The molecule has 1 fully saturated rings. The molecule has 0 saturated carbocycles. The molecule has 0 amide bonds. The number of nitrogens with zero attached hydrogens (tertiary/aromatic N) is 5. The Kier molecular flexibility index (Phi) is 4.01. The third-order valence-electron chi connectivity index (χ3n) is 4.39. The van der Waals surface area contributed by atoms with E-state index in [1.54, 1.807) is 0 Å². The van der Waals surface area contributed by atoms with Crippen molar-refractivity contribution < 1.29 is 0 Å². The first-order chi connectivity index (χ1) is 10.1. The summed E-state index contributed by atoms with van der Waals surface area (Å²) >= 11 is 0. The van der Waals surface area contributed by atoms with Crippen LogP contribution in [0.2, 0.25) is 0 Å². The molecule has 1 saturated heterocycles. The first kappa shape index (κ1) is 14.2. The Morgan fingerprint density at radius 3 is 2.81 bits per heavy atom. The van der Waals surface area contributed by atoms with Gasteiger partial charge in [0.05, 0.1) is 23.8 Å². The fourth-order valence-electron chi connectivity index (χ4n) is 3.10. The van der Waals surface area contributed by atoms with E-state index in [-0.39, 0.29) is 0 Å². The molecule has 0 bridgehead atoms. The highest BCUT2D eigenvalue weighted by molar-refractivity contribution is 5.52. The number of aryl methyl sites for hydroxylation is 1. The van der Waals surface area contributed by atoms with Gasteiger partial charge in [-0.05, 0) is 45.7 Å². The number of imidazole rings is 1. The molecule has 5 heteroatoms. The van der Waals surface area contributed by atoms with Gasteiger partial charge in [-0.3, -0.25) is 4.98 Å². The van der Waals surface area contributed by atoms with Crippen molar-refractivity contribution in [3.8, 4) is 11.4 Å². The molecule has 5 nitrogen and oxygen atoms in total. The molecular formula is C16H23N5. The van der Waals surface area contributed by atoms with Crippen LogP contribution in [0.4, 0.5) is 0 Å². The SMILES string of the molecule is Cc1ncc(-c2cncc(C[C@H]3CCCN(C)C3)n2)n1C. The van der Waals surface area contributed by atoms with Crippen LogP contribution < -0.4 is 0 Å². The zero-order valence-corrected chi connectivity index (χ0v) is 13.1. The number of likely N-dealkylation sites (tertiary alicyclic amines) is 1. The third-order valence-corrected chi connectivity index (χ3v) is 4.39. The van der Waals surface area contributed by atoms with Crippen LogP contribution in [0.5, 0.6) is 0 Å². The van der Waals surface area contributed by atoms with Crippen molar-refractivity contribution in [2.45, 2.75) is 26.2 Å². The van der Waals surface area contributed by atoms with Crippen molar-refractivity contribution in [2.75, 3.05) is 20.1 Å². The molecule has 0 aliphatic carbocycles. The Labute approximate surface area is 126 Å². The lowest BCUT2D eigenvalue weighted by molar-refractivity contribution is 0.208. The summed E-state index contributed by atoms with van der Waals surface area (Å²) < 4.78 is 2.06. The summed E-state index contributed by atoms with van der Waals surface area (Å²) in [4.78, 5) is 15.9. The molecule has 1 aliphatic heterocycles. The molecule has 3 rings (SSSR count). The Morgan fingerprint density at radius 1 is 1.24 bits per heavy atom. The van der Waals surface area contributed by atoms with Gasteiger partial charge in [0.2, 0.25) is 0 Å². The van der Waals surface area contributed by atoms with Crippen LogP contribution in [0, 0.1) is 12.8 Å². The highest BCUT2D eigenvalue weighted by atomic mass is 15.1. The molecule has 3 heterocycles. The average Bonchev–Trinajstić information content (AvgIpc) is 2.79. The number of rotatable bonds is 3. The van der Waals surface area contributed by atoms with Crippen molar-refractivity contribution in [1.29, 1.82) is 0 Å². The summed E-state index contributed by atoms with van der Waals surface area (Å²) in [5.41, 5.74) is 3.04. The number of piperidine rings is 1. The smallest absolute Gasteiger partial charge is 0.107 e. The van der Waals surface area contributed by atoms with Crippen LogP contribution in [0.3, 0.4) is 0 Å². The van der Waals surface area contributed by atoms with Gasteiger partial charge in [0.1, 0.15) is 11.5 Å². The quantitative estimate of drug-likeness (QED) is 0.866. The molecule has 1 aliphatic rings. The average molecular weight is 285 g/mol. The highest BCUT2D eigenvalue weighted by Crippen LogP contribution is 2.21. The molecule has 0 aromatic carbocycles. The van der Waals surface area contributed by atoms with E-state index < -0.39 is 0 Å². The van der Waals surface area contributed by atoms with Gasteiger partial charge >= 0.3 is 0 Å². The molecule has 2 aromatic heterocycles. The second kappa shape index (κ2) is 5.93. The van der Waals surface area contributed by atoms with Gasteiger partial charge in [0, 0.05) is 19.8 Å². The molecule has 0 unspecified atom stereocenters. The zero-order chi connectivity index (χ0) is 14.8. The Hall–Kier alpha value is -1.75.